The number of nitrogens with zero attached hydrogens (tertiary/aromatic N) is 6. The first-order valence-electron chi connectivity index (χ1n) is 11.9. The van der Waals surface area contributed by atoms with Gasteiger partial charge in [0.05, 0.1) is 4.70 Å². The number of benzene rings is 1. The Hall–Kier alpha value is -2.85. The number of thiocarbonyl (C=S) groups is 1. The van der Waals surface area contributed by atoms with Gasteiger partial charge in [-0.25, -0.2) is 9.97 Å². The number of guanidine groups is 1. The van der Waals surface area contributed by atoms with Crippen molar-refractivity contribution in [3.8, 4) is 0 Å². The van der Waals surface area contributed by atoms with Crippen LogP contribution in [0.15, 0.2) is 35.3 Å². The van der Waals surface area contributed by atoms with Gasteiger partial charge in [-0.3, -0.25) is 5.32 Å². The number of aliphatic imine (C=N–C) groups is 1. The lowest BCUT2D eigenvalue weighted by molar-refractivity contribution is 0.384. The first kappa shape index (κ1) is 22.9. The summed E-state index contributed by atoms with van der Waals surface area (Å²) in [6.07, 6.45) is 4.80. The van der Waals surface area contributed by atoms with Crippen LogP contribution in [0.2, 0.25) is 0 Å². The van der Waals surface area contributed by atoms with Gasteiger partial charge in [0.1, 0.15) is 5.82 Å². The van der Waals surface area contributed by atoms with E-state index in [1.54, 1.807) is 11.5 Å². The highest BCUT2D eigenvalue weighted by molar-refractivity contribution is 7.80. The van der Waals surface area contributed by atoms with Gasteiger partial charge in [-0.15, -0.1) is 0 Å². The zero-order valence-corrected chi connectivity index (χ0v) is 21.3. The van der Waals surface area contributed by atoms with Gasteiger partial charge in [0.15, 0.2) is 5.11 Å². The summed E-state index contributed by atoms with van der Waals surface area (Å²) in [7, 11) is 0. The number of hydrogen-bond acceptors (Lipinski definition) is 6. The molecule has 1 aliphatic carbocycles. The van der Waals surface area contributed by atoms with Crippen LogP contribution >= 0.6 is 23.8 Å². The molecule has 1 aliphatic heterocycles. The van der Waals surface area contributed by atoms with Crippen molar-refractivity contribution in [3.05, 3.63) is 41.7 Å². The number of hydrogen-bond donors (Lipinski definition) is 2. The Kier molecular flexibility index (Phi) is 6.87. The molecular formula is C24H30N8S2. The van der Waals surface area contributed by atoms with Crippen LogP contribution in [0, 0.1) is 13.8 Å². The van der Waals surface area contributed by atoms with Crippen molar-refractivity contribution in [2.24, 2.45) is 4.99 Å². The topological polar surface area (TPSA) is 81.6 Å². The van der Waals surface area contributed by atoms with E-state index in [0.29, 0.717) is 23.1 Å². The SMILES string of the molecule is Cc1cc(C)nc(N/C(=N/C(=S)NC2CCCC2)N2CCN(c3nsc4ccccc34)CC2)n1. The molecule has 178 valence electrons. The number of aromatic nitrogens is 3. The largest absolute Gasteiger partial charge is 0.358 e. The highest BCUT2D eigenvalue weighted by Gasteiger charge is 2.24. The quantitative estimate of drug-likeness (QED) is 0.320. The molecule has 3 aromatic rings. The van der Waals surface area contributed by atoms with Crippen molar-refractivity contribution in [1.82, 2.24) is 24.6 Å². The molecule has 0 radical (unpaired) electrons. The van der Waals surface area contributed by atoms with Gasteiger partial charge in [0, 0.05) is 49.0 Å². The van der Waals surface area contributed by atoms with Crippen LogP contribution in [-0.4, -0.2) is 62.5 Å². The lowest BCUT2D eigenvalue weighted by atomic mass is 10.2. The molecule has 0 bridgehead atoms. The summed E-state index contributed by atoms with van der Waals surface area (Å²) in [5.74, 6) is 2.32. The molecule has 1 saturated heterocycles. The summed E-state index contributed by atoms with van der Waals surface area (Å²) in [4.78, 5) is 18.5. The van der Waals surface area contributed by atoms with Crippen LogP contribution in [0.25, 0.3) is 10.1 Å². The second kappa shape index (κ2) is 10.2. The summed E-state index contributed by atoms with van der Waals surface area (Å²) in [6, 6.07) is 10.8. The van der Waals surface area contributed by atoms with Gasteiger partial charge in [0.2, 0.25) is 11.9 Å². The molecule has 3 heterocycles. The van der Waals surface area contributed by atoms with Crippen LogP contribution in [0.3, 0.4) is 0 Å². The van der Waals surface area contributed by atoms with Crippen LogP contribution in [0.1, 0.15) is 37.1 Å². The zero-order valence-electron chi connectivity index (χ0n) is 19.6. The summed E-state index contributed by atoms with van der Waals surface area (Å²) in [5, 5.41) is 8.53. The minimum absolute atomic E-state index is 0.421. The van der Waals surface area contributed by atoms with E-state index >= 15 is 0 Å². The molecule has 0 atom stereocenters. The lowest BCUT2D eigenvalue weighted by Gasteiger charge is -2.36. The third-order valence-electron chi connectivity index (χ3n) is 6.33. The van der Waals surface area contributed by atoms with Crippen molar-refractivity contribution in [3.63, 3.8) is 0 Å². The van der Waals surface area contributed by atoms with E-state index in [1.807, 2.05) is 19.9 Å². The summed E-state index contributed by atoms with van der Waals surface area (Å²) < 4.78 is 5.96. The minimum atomic E-state index is 0.421. The predicted molar refractivity (Wildman–Crippen MR) is 144 cm³/mol. The number of piperazine rings is 1. The van der Waals surface area contributed by atoms with Gasteiger partial charge in [0.25, 0.3) is 0 Å². The highest BCUT2D eigenvalue weighted by atomic mass is 32.1. The Morgan fingerprint density at radius 1 is 1.06 bits per heavy atom. The van der Waals surface area contributed by atoms with Crippen LogP contribution in [0.5, 0.6) is 0 Å². The summed E-state index contributed by atoms with van der Waals surface area (Å²) >= 11 is 7.18. The fourth-order valence-electron chi connectivity index (χ4n) is 4.66. The highest BCUT2D eigenvalue weighted by Crippen LogP contribution is 2.30. The molecule has 2 fully saturated rings. The average Bonchev–Trinajstić information content (AvgIpc) is 3.48. The van der Waals surface area contributed by atoms with Crippen LogP contribution < -0.4 is 15.5 Å². The zero-order chi connectivity index (χ0) is 23.5. The van der Waals surface area contributed by atoms with Gasteiger partial charge >= 0.3 is 0 Å². The Balaban J connectivity index is 1.33. The first-order valence-corrected chi connectivity index (χ1v) is 13.1. The lowest BCUT2D eigenvalue weighted by Crippen LogP contribution is -2.51. The summed E-state index contributed by atoms with van der Waals surface area (Å²) in [5.41, 5.74) is 1.84. The van der Waals surface area contributed by atoms with Crippen molar-refractivity contribution < 1.29 is 0 Å². The van der Waals surface area contributed by atoms with Crippen molar-refractivity contribution in [2.45, 2.75) is 45.6 Å². The Labute approximate surface area is 209 Å². The van der Waals surface area contributed by atoms with Gasteiger partial charge < -0.3 is 15.1 Å². The number of rotatable bonds is 3. The van der Waals surface area contributed by atoms with Crippen LogP contribution in [0.4, 0.5) is 11.8 Å². The van der Waals surface area contributed by atoms with E-state index in [-0.39, 0.29) is 0 Å². The van der Waals surface area contributed by atoms with E-state index in [9.17, 15) is 0 Å². The Morgan fingerprint density at radius 2 is 1.76 bits per heavy atom. The predicted octanol–water partition coefficient (Wildman–Crippen LogP) is 4.11. The molecule has 1 saturated carbocycles. The molecule has 0 amide bonds. The molecular weight excluding hydrogens is 464 g/mol. The fraction of sp³-hybridized carbons (Fsp3) is 0.458. The van der Waals surface area contributed by atoms with Gasteiger partial charge in [-0.05, 0) is 68.6 Å². The van der Waals surface area contributed by atoms with Gasteiger partial charge in [-0.2, -0.15) is 9.37 Å². The standard InChI is InChI=1S/C24H30N8S2/c1-16-15-17(2)26-22(25-16)28-23(29-24(33)27-18-7-3-4-8-18)32-13-11-31(12-14-32)21-19-9-5-6-10-20(19)34-30-21/h5-6,9-10,15,18H,3-4,7-8,11-14H2,1-2H3,(H2,25,26,27,28,29,33). The van der Waals surface area contributed by atoms with E-state index in [4.69, 9.17) is 21.6 Å². The van der Waals surface area contributed by atoms with E-state index in [2.05, 4.69) is 54.7 Å². The molecule has 2 N–H and O–H groups in total. The maximum Gasteiger partial charge on any atom is 0.229 e. The van der Waals surface area contributed by atoms with Crippen molar-refractivity contribution in [2.75, 3.05) is 36.4 Å². The summed E-state index contributed by atoms with van der Waals surface area (Å²) in [6.45, 7) is 7.25. The molecule has 0 unspecified atom stereocenters. The van der Waals surface area contributed by atoms with Crippen molar-refractivity contribution in [1.29, 1.82) is 0 Å². The minimum Gasteiger partial charge on any atom is -0.358 e. The molecule has 2 aromatic heterocycles. The van der Waals surface area contributed by atoms with Crippen LogP contribution in [-0.2, 0) is 0 Å². The first-order chi connectivity index (χ1) is 16.5. The molecule has 8 nitrogen and oxygen atoms in total. The van der Waals surface area contributed by atoms with Crippen molar-refractivity contribution >= 4 is 56.7 Å². The molecule has 2 aliphatic rings. The smallest absolute Gasteiger partial charge is 0.229 e. The molecule has 5 rings (SSSR count). The molecule has 34 heavy (non-hydrogen) atoms. The number of aryl methyl sites for hydroxylation is 2. The number of anilines is 2. The second-order valence-corrected chi connectivity index (χ2v) is 10.1. The van der Waals surface area contributed by atoms with E-state index in [1.165, 1.54) is 22.9 Å². The Morgan fingerprint density at radius 3 is 2.50 bits per heavy atom. The Bertz CT molecular complexity index is 1170. The molecule has 0 spiro atoms. The maximum absolute atomic E-state index is 5.62. The van der Waals surface area contributed by atoms with E-state index in [0.717, 1.165) is 56.2 Å². The van der Waals surface area contributed by atoms with Gasteiger partial charge in [-0.1, -0.05) is 25.0 Å². The molecule has 10 heteroatoms. The average molecular weight is 495 g/mol. The fourth-order valence-corrected chi connectivity index (χ4v) is 5.71. The second-order valence-electron chi connectivity index (χ2n) is 8.94. The third kappa shape index (κ3) is 5.28. The normalized spacial score (nSPS) is 17.4. The monoisotopic (exact) mass is 494 g/mol. The number of fused-ring (bicyclic) bond motifs is 1. The third-order valence-corrected chi connectivity index (χ3v) is 7.36. The maximum atomic E-state index is 5.62. The molecule has 1 aromatic carbocycles. The number of nitrogens with one attached hydrogen (secondary N) is 2. The van der Waals surface area contributed by atoms with E-state index < -0.39 is 0 Å².